The van der Waals surface area contributed by atoms with Gasteiger partial charge in [0.25, 0.3) is 11.8 Å². The number of carbonyl (C=O) groups is 3. The van der Waals surface area contributed by atoms with E-state index in [0.717, 1.165) is 24.0 Å². The van der Waals surface area contributed by atoms with Gasteiger partial charge in [0.1, 0.15) is 5.54 Å². The van der Waals surface area contributed by atoms with Gasteiger partial charge in [0.05, 0.1) is 10.6 Å². The van der Waals surface area contributed by atoms with Gasteiger partial charge in [-0.15, -0.1) is 0 Å². The second kappa shape index (κ2) is 6.09. The van der Waals surface area contributed by atoms with Crippen LogP contribution >= 0.6 is 11.6 Å². The van der Waals surface area contributed by atoms with E-state index in [-0.39, 0.29) is 17.7 Å². The van der Waals surface area contributed by atoms with Crippen LogP contribution in [-0.4, -0.2) is 29.9 Å². The van der Waals surface area contributed by atoms with E-state index < -0.39 is 11.6 Å². The quantitative estimate of drug-likeness (QED) is 0.730. The van der Waals surface area contributed by atoms with Crippen molar-refractivity contribution >= 4 is 29.4 Å². The summed E-state index contributed by atoms with van der Waals surface area (Å²) in [6.45, 7) is 4.18. The maximum absolute atomic E-state index is 12.5. The zero-order valence-electron chi connectivity index (χ0n) is 13.7. The standard InChI is InChI=1S/C17H20ClN3O3/c1-9-6-12(13(18)7-10(9)2)14(22)19-8-11-4-3-5-17(11)15(23)20-16(24)21-17/h6-7,11H,3-5,8H2,1-2H3,(H,19,22)(H2,20,21,23,24)/t11-,17-/m0/s1. The Bertz CT molecular complexity index is 734. The fourth-order valence-corrected chi connectivity index (χ4v) is 3.89. The summed E-state index contributed by atoms with van der Waals surface area (Å²) in [6.07, 6.45) is 2.20. The molecule has 1 aliphatic carbocycles. The predicted octanol–water partition coefficient (Wildman–Crippen LogP) is 2.06. The Hall–Kier alpha value is -2.08. The number of carbonyl (C=O) groups excluding carboxylic acids is 3. The van der Waals surface area contributed by atoms with Crippen LogP contribution in [0.25, 0.3) is 0 Å². The second-order valence-corrected chi connectivity index (χ2v) is 7.00. The van der Waals surface area contributed by atoms with E-state index in [2.05, 4.69) is 16.0 Å². The second-order valence-electron chi connectivity index (χ2n) is 6.60. The molecular weight excluding hydrogens is 330 g/mol. The van der Waals surface area contributed by atoms with E-state index in [0.29, 0.717) is 23.6 Å². The Kier molecular flexibility index (Phi) is 4.25. The van der Waals surface area contributed by atoms with Gasteiger partial charge >= 0.3 is 6.03 Å². The van der Waals surface area contributed by atoms with Gasteiger partial charge < -0.3 is 10.6 Å². The Morgan fingerprint density at radius 1 is 1.33 bits per heavy atom. The van der Waals surface area contributed by atoms with Gasteiger partial charge in [-0.1, -0.05) is 18.0 Å². The minimum Gasteiger partial charge on any atom is -0.352 e. The van der Waals surface area contributed by atoms with Gasteiger partial charge in [-0.25, -0.2) is 4.79 Å². The molecule has 1 spiro atoms. The molecule has 0 aromatic heterocycles. The minimum absolute atomic E-state index is 0.127. The highest BCUT2D eigenvalue weighted by Crippen LogP contribution is 2.37. The lowest BCUT2D eigenvalue weighted by Crippen LogP contribution is -2.53. The molecule has 128 valence electrons. The Labute approximate surface area is 145 Å². The van der Waals surface area contributed by atoms with Crippen molar-refractivity contribution in [1.82, 2.24) is 16.0 Å². The van der Waals surface area contributed by atoms with E-state index >= 15 is 0 Å². The highest BCUT2D eigenvalue weighted by Gasteiger charge is 2.54. The molecule has 2 fully saturated rings. The molecule has 6 nitrogen and oxygen atoms in total. The van der Waals surface area contributed by atoms with Gasteiger partial charge in [0.15, 0.2) is 0 Å². The molecule has 3 rings (SSSR count). The van der Waals surface area contributed by atoms with Crippen LogP contribution in [0.15, 0.2) is 12.1 Å². The summed E-state index contributed by atoms with van der Waals surface area (Å²) in [5.74, 6) is -0.693. The fourth-order valence-electron chi connectivity index (χ4n) is 3.59. The van der Waals surface area contributed by atoms with Crippen LogP contribution in [0.3, 0.4) is 0 Å². The molecule has 1 aromatic carbocycles. The van der Waals surface area contributed by atoms with Crippen LogP contribution in [0.1, 0.15) is 40.7 Å². The first kappa shape index (κ1) is 16.8. The number of urea groups is 1. The average Bonchev–Trinajstić information content (AvgIpc) is 3.04. The number of benzene rings is 1. The number of nitrogens with one attached hydrogen (secondary N) is 3. The van der Waals surface area contributed by atoms with E-state index in [1.54, 1.807) is 12.1 Å². The van der Waals surface area contributed by atoms with Gasteiger partial charge in [-0.2, -0.15) is 0 Å². The van der Waals surface area contributed by atoms with Gasteiger partial charge in [-0.05, 0) is 49.9 Å². The molecule has 24 heavy (non-hydrogen) atoms. The monoisotopic (exact) mass is 349 g/mol. The molecule has 7 heteroatoms. The maximum Gasteiger partial charge on any atom is 0.322 e. The normalized spacial score (nSPS) is 25.7. The van der Waals surface area contributed by atoms with Gasteiger partial charge in [-0.3, -0.25) is 14.9 Å². The number of imide groups is 1. The summed E-state index contributed by atoms with van der Waals surface area (Å²) < 4.78 is 0. The van der Waals surface area contributed by atoms with Crippen molar-refractivity contribution in [2.24, 2.45) is 5.92 Å². The third kappa shape index (κ3) is 2.75. The number of halogens is 1. The van der Waals surface area contributed by atoms with Crippen molar-refractivity contribution in [1.29, 1.82) is 0 Å². The largest absolute Gasteiger partial charge is 0.352 e. The summed E-state index contributed by atoms with van der Waals surface area (Å²) in [5, 5.41) is 8.31. The summed E-state index contributed by atoms with van der Waals surface area (Å²) in [5.41, 5.74) is 1.55. The minimum atomic E-state index is -0.892. The molecule has 2 atom stereocenters. The Morgan fingerprint density at radius 2 is 2.04 bits per heavy atom. The molecule has 3 N–H and O–H groups in total. The first-order valence-corrected chi connectivity index (χ1v) is 8.40. The van der Waals surface area contributed by atoms with Gasteiger partial charge in [0, 0.05) is 12.5 Å². The van der Waals surface area contributed by atoms with Gasteiger partial charge in [0.2, 0.25) is 0 Å². The van der Waals surface area contributed by atoms with Crippen molar-refractivity contribution in [2.45, 2.75) is 38.6 Å². The van der Waals surface area contributed by atoms with Crippen LogP contribution in [0.4, 0.5) is 4.79 Å². The maximum atomic E-state index is 12.5. The molecular formula is C17H20ClN3O3. The summed E-state index contributed by atoms with van der Waals surface area (Å²) in [7, 11) is 0. The van der Waals surface area contributed by atoms with Crippen molar-refractivity contribution in [3.8, 4) is 0 Å². The van der Waals surface area contributed by atoms with Crippen LogP contribution in [0, 0.1) is 19.8 Å². The van der Waals surface area contributed by atoms with Crippen molar-refractivity contribution < 1.29 is 14.4 Å². The van der Waals surface area contributed by atoms with E-state index in [1.807, 2.05) is 13.8 Å². The molecule has 0 unspecified atom stereocenters. The zero-order chi connectivity index (χ0) is 17.5. The molecule has 1 saturated carbocycles. The molecule has 4 amide bonds. The van der Waals surface area contributed by atoms with E-state index in [1.165, 1.54) is 0 Å². The van der Waals surface area contributed by atoms with Crippen LogP contribution < -0.4 is 16.0 Å². The first-order chi connectivity index (χ1) is 11.3. The zero-order valence-corrected chi connectivity index (χ0v) is 14.4. The lowest BCUT2D eigenvalue weighted by Gasteiger charge is -2.28. The topological polar surface area (TPSA) is 87.3 Å². The van der Waals surface area contributed by atoms with Crippen molar-refractivity contribution in [3.63, 3.8) is 0 Å². The first-order valence-electron chi connectivity index (χ1n) is 8.02. The van der Waals surface area contributed by atoms with Crippen LogP contribution in [-0.2, 0) is 4.79 Å². The third-order valence-electron chi connectivity index (χ3n) is 5.13. The van der Waals surface area contributed by atoms with Crippen LogP contribution in [0.2, 0.25) is 5.02 Å². The molecule has 1 aromatic rings. The Balaban J connectivity index is 1.72. The smallest absolute Gasteiger partial charge is 0.322 e. The fraction of sp³-hybridized carbons (Fsp3) is 0.471. The van der Waals surface area contributed by atoms with Crippen molar-refractivity contribution in [2.75, 3.05) is 6.54 Å². The molecule has 1 saturated heterocycles. The highest BCUT2D eigenvalue weighted by molar-refractivity contribution is 6.34. The lowest BCUT2D eigenvalue weighted by atomic mass is 9.87. The number of rotatable bonds is 3. The SMILES string of the molecule is Cc1cc(Cl)c(C(=O)NC[C@@H]2CCC[C@]23NC(=O)NC3=O)cc1C. The summed E-state index contributed by atoms with van der Waals surface area (Å²) in [4.78, 5) is 36.1. The predicted molar refractivity (Wildman–Crippen MR) is 90.0 cm³/mol. The number of aryl methyl sites for hydroxylation is 2. The summed E-state index contributed by atoms with van der Waals surface area (Å²) in [6, 6.07) is 3.07. The molecule has 1 aliphatic heterocycles. The number of hydrogen-bond acceptors (Lipinski definition) is 3. The molecule has 2 aliphatic rings. The molecule has 0 bridgehead atoms. The Morgan fingerprint density at radius 3 is 2.71 bits per heavy atom. The summed E-state index contributed by atoms with van der Waals surface area (Å²) >= 11 is 6.17. The molecule has 1 heterocycles. The third-order valence-corrected chi connectivity index (χ3v) is 5.44. The molecule has 0 radical (unpaired) electrons. The average molecular weight is 350 g/mol. The van der Waals surface area contributed by atoms with Crippen molar-refractivity contribution in [3.05, 3.63) is 33.8 Å². The van der Waals surface area contributed by atoms with Crippen LogP contribution in [0.5, 0.6) is 0 Å². The highest BCUT2D eigenvalue weighted by atomic mass is 35.5. The van der Waals surface area contributed by atoms with E-state index in [9.17, 15) is 14.4 Å². The number of amides is 4. The number of hydrogen-bond donors (Lipinski definition) is 3. The van der Waals surface area contributed by atoms with E-state index in [4.69, 9.17) is 11.6 Å². The lowest BCUT2D eigenvalue weighted by molar-refractivity contribution is -0.125.